The van der Waals surface area contributed by atoms with Crippen LogP contribution in [0.2, 0.25) is 0 Å². The van der Waals surface area contributed by atoms with E-state index in [0.29, 0.717) is 17.1 Å². The van der Waals surface area contributed by atoms with E-state index in [1.54, 1.807) is 69.3 Å². The summed E-state index contributed by atoms with van der Waals surface area (Å²) in [6.07, 6.45) is 0.253. The molecule has 0 radical (unpaired) electrons. The van der Waals surface area contributed by atoms with Crippen molar-refractivity contribution in [2.24, 2.45) is 0 Å². The topological polar surface area (TPSA) is 90.9 Å². The third-order valence-corrected chi connectivity index (χ3v) is 3.81. The van der Waals surface area contributed by atoms with Gasteiger partial charge in [0, 0.05) is 6.42 Å². The van der Waals surface area contributed by atoms with Gasteiger partial charge in [-0.3, -0.25) is 4.79 Å². The highest BCUT2D eigenvalue weighted by molar-refractivity contribution is 5.81. The third-order valence-electron chi connectivity index (χ3n) is 3.81. The zero-order valence-electron chi connectivity index (χ0n) is 16.9. The first-order valence-corrected chi connectivity index (χ1v) is 9.10. The number of esters is 1. The monoisotopic (exact) mass is 399 g/mol. The Balaban J connectivity index is 2.07. The smallest absolute Gasteiger partial charge is 0.408 e. The second kappa shape index (κ2) is 9.73. The fourth-order valence-corrected chi connectivity index (χ4v) is 2.51. The van der Waals surface area contributed by atoms with Crippen molar-refractivity contribution in [1.82, 2.24) is 5.32 Å². The minimum atomic E-state index is -0.891. The van der Waals surface area contributed by atoms with Crippen LogP contribution < -0.4 is 10.1 Å². The number of methoxy groups -OCH3 is 1. The summed E-state index contributed by atoms with van der Waals surface area (Å²) in [4.78, 5) is 35.1. The zero-order valence-corrected chi connectivity index (χ0v) is 16.9. The molecule has 0 saturated carbocycles. The number of hydrogen-bond acceptors (Lipinski definition) is 6. The Morgan fingerprint density at radius 3 is 2.31 bits per heavy atom. The van der Waals surface area contributed by atoms with Crippen LogP contribution in [-0.2, 0) is 20.7 Å². The molecule has 0 heterocycles. The minimum Gasteiger partial charge on any atom is -0.467 e. The van der Waals surface area contributed by atoms with Gasteiger partial charge in [0.25, 0.3) is 0 Å². The number of hydrogen-bond donors (Lipinski definition) is 1. The molecule has 0 aliphatic carbocycles. The van der Waals surface area contributed by atoms with Crippen molar-refractivity contribution in [3.05, 3.63) is 59.7 Å². The number of amides is 1. The number of rotatable bonds is 7. The maximum Gasteiger partial charge on any atom is 0.408 e. The van der Waals surface area contributed by atoms with Crippen molar-refractivity contribution in [2.45, 2.75) is 38.8 Å². The van der Waals surface area contributed by atoms with E-state index >= 15 is 0 Å². The van der Waals surface area contributed by atoms with Gasteiger partial charge >= 0.3 is 12.1 Å². The molecule has 0 unspecified atom stereocenters. The van der Waals surface area contributed by atoms with Crippen LogP contribution in [-0.4, -0.2) is 37.1 Å². The van der Waals surface area contributed by atoms with Gasteiger partial charge in [-0.15, -0.1) is 0 Å². The van der Waals surface area contributed by atoms with E-state index in [1.165, 1.54) is 7.11 Å². The minimum absolute atomic E-state index is 0.219. The summed E-state index contributed by atoms with van der Waals surface area (Å²) < 4.78 is 15.7. The van der Waals surface area contributed by atoms with Crippen LogP contribution in [0.4, 0.5) is 4.79 Å². The van der Waals surface area contributed by atoms with Crippen molar-refractivity contribution in [3.63, 3.8) is 0 Å². The molecule has 0 aliphatic heterocycles. The zero-order chi connectivity index (χ0) is 21.4. The van der Waals surface area contributed by atoms with Crippen molar-refractivity contribution >= 4 is 18.3 Å². The molecule has 0 aromatic heterocycles. The third kappa shape index (κ3) is 6.95. The van der Waals surface area contributed by atoms with Gasteiger partial charge in [-0.2, -0.15) is 0 Å². The van der Waals surface area contributed by atoms with Gasteiger partial charge in [0.1, 0.15) is 23.1 Å². The average molecular weight is 399 g/mol. The maximum absolute atomic E-state index is 12.0. The highest BCUT2D eigenvalue weighted by Gasteiger charge is 2.25. The number of ether oxygens (including phenoxy) is 3. The second-order valence-electron chi connectivity index (χ2n) is 7.33. The summed E-state index contributed by atoms with van der Waals surface area (Å²) >= 11 is 0. The Kier molecular flexibility index (Phi) is 7.36. The van der Waals surface area contributed by atoms with Crippen molar-refractivity contribution in [1.29, 1.82) is 0 Å². The molecule has 0 bridgehead atoms. The van der Waals surface area contributed by atoms with Crippen LogP contribution in [0, 0.1) is 0 Å². The standard InChI is InChI=1S/C22H25NO6/c1-22(2,3)29-21(26)23-18(20(25)27-4)13-15-9-11-17(12-10-15)28-19-8-6-5-7-16(19)14-24/h5-12,14,18H,13H2,1-4H3,(H,23,26)/t18-/m0/s1. The van der Waals surface area contributed by atoms with E-state index < -0.39 is 23.7 Å². The lowest BCUT2D eigenvalue weighted by atomic mass is 10.1. The normalized spacial score (nSPS) is 11.9. The van der Waals surface area contributed by atoms with Gasteiger partial charge in [0.2, 0.25) is 0 Å². The Labute approximate surface area is 170 Å². The van der Waals surface area contributed by atoms with Crippen molar-refractivity contribution < 1.29 is 28.6 Å². The summed E-state index contributed by atoms with van der Waals surface area (Å²) in [5, 5.41) is 2.54. The Bertz CT molecular complexity index is 854. The predicted molar refractivity (Wildman–Crippen MR) is 107 cm³/mol. The molecule has 29 heavy (non-hydrogen) atoms. The fraction of sp³-hybridized carbons (Fsp3) is 0.318. The number of alkyl carbamates (subject to hydrolysis) is 1. The average Bonchev–Trinajstić information content (AvgIpc) is 2.67. The molecule has 7 nitrogen and oxygen atoms in total. The van der Waals surface area contributed by atoms with Crippen molar-refractivity contribution in [3.8, 4) is 11.5 Å². The van der Waals surface area contributed by atoms with Crippen LogP contribution in [0.5, 0.6) is 11.5 Å². The number of para-hydroxylation sites is 1. The summed E-state index contributed by atoms with van der Waals surface area (Å²) in [7, 11) is 1.26. The fourth-order valence-electron chi connectivity index (χ4n) is 2.51. The van der Waals surface area contributed by atoms with Gasteiger partial charge in [0.15, 0.2) is 6.29 Å². The molecular formula is C22H25NO6. The van der Waals surface area contributed by atoms with Crippen LogP contribution >= 0.6 is 0 Å². The first kappa shape index (κ1) is 21.9. The van der Waals surface area contributed by atoms with E-state index in [-0.39, 0.29) is 6.42 Å². The van der Waals surface area contributed by atoms with Gasteiger partial charge in [-0.05, 0) is 50.6 Å². The van der Waals surface area contributed by atoms with Crippen LogP contribution in [0.1, 0.15) is 36.7 Å². The lowest BCUT2D eigenvalue weighted by molar-refractivity contribution is -0.143. The van der Waals surface area contributed by atoms with E-state index in [2.05, 4.69) is 5.32 Å². The lowest BCUT2D eigenvalue weighted by Gasteiger charge is -2.22. The van der Waals surface area contributed by atoms with Gasteiger partial charge in [0.05, 0.1) is 12.7 Å². The quantitative estimate of drug-likeness (QED) is 0.561. The molecule has 7 heteroatoms. The van der Waals surface area contributed by atoms with Gasteiger partial charge in [-0.25, -0.2) is 9.59 Å². The first-order chi connectivity index (χ1) is 13.7. The molecule has 154 valence electrons. The van der Waals surface area contributed by atoms with E-state index in [1.807, 2.05) is 0 Å². The van der Waals surface area contributed by atoms with Gasteiger partial charge < -0.3 is 19.5 Å². The molecule has 0 saturated heterocycles. The first-order valence-electron chi connectivity index (χ1n) is 9.10. The predicted octanol–water partition coefficient (Wildman–Crippen LogP) is 3.90. The van der Waals surface area contributed by atoms with Crippen molar-refractivity contribution in [2.75, 3.05) is 7.11 Å². The van der Waals surface area contributed by atoms with E-state index in [0.717, 1.165) is 11.8 Å². The highest BCUT2D eigenvalue weighted by Crippen LogP contribution is 2.24. The molecule has 1 amide bonds. The molecule has 2 rings (SSSR count). The summed E-state index contributed by atoms with van der Waals surface area (Å²) in [6, 6.07) is 13.0. The highest BCUT2D eigenvalue weighted by atomic mass is 16.6. The SMILES string of the molecule is COC(=O)[C@H](Cc1ccc(Oc2ccccc2C=O)cc1)NC(=O)OC(C)(C)C. The largest absolute Gasteiger partial charge is 0.467 e. The summed E-state index contributed by atoms with van der Waals surface area (Å²) in [6.45, 7) is 5.21. The molecule has 2 aromatic rings. The maximum atomic E-state index is 12.0. The molecule has 2 aromatic carbocycles. The molecule has 1 atom stereocenters. The number of carbonyl (C=O) groups is 3. The Morgan fingerprint density at radius 2 is 1.72 bits per heavy atom. The number of benzene rings is 2. The molecule has 0 aliphatic rings. The number of carbonyl (C=O) groups excluding carboxylic acids is 3. The van der Waals surface area contributed by atoms with Crippen LogP contribution in [0.3, 0.4) is 0 Å². The summed E-state index contributed by atoms with van der Waals surface area (Å²) in [5.41, 5.74) is 0.554. The Hall–Kier alpha value is -3.35. The molecule has 1 N–H and O–H groups in total. The van der Waals surface area contributed by atoms with Crippen LogP contribution in [0.15, 0.2) is 48.5 Å². The van der Waals surface area contributed by atoms with E-state index in [4.69, 9.17) is 14.2 Å². The summed E-state index contributed by atoms with van der Waals surface area (Å²) in [5.74, 6) is 0.420. The van der Waals surface area contributed by atoms with Gasteiger partial charge in [-0.1, -0.05) is 24.3 Å². The molecule has 0 spiro atoms. The Morgan fingerprint density at radius 1 is 1.07 bits per heavy atom. The molecule has 0 fully saturated rings. The van der Waals surface area contributed by atoms with E-state index in [9.17, 15) is 14.4 Å². The lowest BCUT2D eigenvalue weighted by Crippen LogP contribution is -2.45. The van der Waals surface area contributed by atoms with Crippen LogP contribution in [0.25, 0.3) is 0 Å². The number of aldehydes is 1. The number of nitrogens with one attached hydrogen (secondary N) is 1. The molecular weight excluding hydrogens is 374 g/mol. The second-order valence-corrected chi connectivity index (χ2v) is 7.33.